The Balaban J connectivity index is 1.59. The van der Waals surface area contributed by atoms with Crippen molar-refractivity contribution in [2.75, 3.05) is 20.7 Å². The number of benzene rings is 2. The average Bonchev–Trinajstić information content (AvgIpc) is 3.63. The number of nitrogens with zero attached hydrogens (tertiary/aromatic N) is 3. The number of hydrogen-bond donors (Lipinski definition) is 2. The van der Waals surface area contributed by atoms with Crippen LogP contribution in [0.2, 0.25) is 0 Å². The number of fused-ring (bicyclic) bond motifs is 1. The molecule has 1 aliphatic carbocycles. The minimum atomic E-state index is -1.34. The van der Waals surface area contributed by atoms with E-state index in [1.165, 1.54) is 0 Å². The van der Waals surface area contributed by atoms with Gasteiger partial charge in [-0.15, -0.1) is 0 Å². The van der Waals surface area contributed by atoms with Crippen molar-refractivity contribution in [1.82, 2.24) is 19.5 Å². The molecular weight excluding hydrogens is 560 g/mol. The van der Waals surface area contributed by atoms with Gasteiger partial charge in [-0.25, -0.2) is 13.5 Å². The van der Waals surface area contributed by atoms with Crippen LogP contribution in [0.3, 0.4) is 0 Å². The highest BCUT2D eigenvalue weighted by atomic mass is 32.2. The molecule has 2 heterocycles. The summed E-state index contributed by atoms with van der Waals surface area (Å²) in [6.07, 6.45) is 4.57. The van der Waals surface area contributed by atoms with Crippen molar-refractivity contribution in [3.05, 3.63) is 77.0 Å². The van der Waals surface area contributed by atoms with Gasteiger partial charge in [0.25, 0.3) is 11.8 Å². The van der Waals surface area contributed by atoms with Gasteiger partial charge in [0, 0.05) is 50.0 Å². The van der Waals surface area contributed by atoms with Gasteiger partial charge in [0.15, 0.2) is 0 Å². The molecule has 0 unspecified atom stereocenters. The topological polar surface area (TPSA) is 103 Å². The standard InChI is InChI=1S/C34H42N4O4S/c1-34(2,3)43(42)38-21-26-20-28(32(40)35-27-11-6-7-12-27)36-31(30(26)29(38)17-18-39)25-10-8-9-24(19-25)22-13-15-23(16-14-22)33(41)37(4)5/h8-10,13-16,19-20,27,29,39H,6-7,11-12,17-18,21H2,1-5H3,(H,35,40)/t29-,43-/m1/s1. The molecule has 1 fully saturated rings. The fraction of sp³-hybridized carbons (Fsp3) is 0.441. The highest BCUT2D eigenvalue weighted by molar-refractivity contribution is 7.84. The Morgan fingerprint density at radius 1 is 1.02 bits per heavy atom. The molecule has 1 aliphatic heterocycles. The molecule has 9 heteroatoms. The molecule has 1 aromatic heterocycles. The molecule has 0 radical (unpaired) electrons. The molecule has 5 rings (SSSR count). The summed E-state index contributed by atoms with van der Waals surface area (Å²) in [5, 5.41) is 13.2. The average molecular weight is 603 g/mol. The van der Waals surface area contributed by atoms with Crippen molar-refractivity contribution < 1.29 is 18.9 Å². The van der Waals surface area contributed by atoms with E-state index in [9.17, 15) is 18.9 Å². The van der Waals surface area contributed by atoms with Crippen molar-refractivity contribution in [2.24, 2.45) is 0 Å². The summed E-state index contributed by atoms with van der Waals surface area (Å²) < 4.78 is 15.1. The number of nitrogens with one attached hydrogen (secondary N) is 1. The molecule has 228 valence electrons. The fourth-order valence-electron chi connectivity index (χ4n) is 6.04. The summed E-state index contributed by atoms with van der Waals surface area (Å²) in [6, 6.07) is 17.2. The lowest BCUT2D eigenvalue weighted by atomic mass is 9.94. The number of carbonyl (C=O) groups excluding carboxylic acids is 2. The van der Waals surface area contributed by atoms with Gasteiger partial charge in [-0.3, -0.25) is 9.59 Å². The number of aromatic nitrogens is 1. The van der Waals surface area contributed by atoms with Gasteiger partial charge in [0.2, 0.25) is 0 Å². The van der Waals surface area contributed by atoms with E-state index in [-0.39, 0.29) is 30.5 Å². The van der Waals surface area contributed by atoms with Crippen molar-refractivity contribution in [1.29, 1.82) is 0 Å². The zero-order valence-corrected chi connectivity index (χ0v) is 26.5. The Kier molecular flexibility index (Phi) is 9.15. The number of hydrogen-bond acceptors (Lipinski definition) is 5. The number of carbonyl (C=O) groups is 2. The number of rotatable bonds is 8. The SMILES string of the molecule is CN(C)C(=O)c1ccc(-c2cccc(-c3nc(C(=O)NC4CCCC4)cc4c3[C@@H](CCO)N([S@](=O)C(C)(C)C)C4)c2)cc1. The summed E-state index contributed by atoms with van der Waals surface area (Å²) in [7, 11) is 2.13. The minimum Gasteiger partial charge on any atom is -0.396 e. The van der Waals surface area contributed by atoms with E-state index >= 15 is 0 Å². The van der Waals surface area contributed by atoms with Crippen molar-refractivity contribution >= 4 is 22.8 Å². The molecule has 1 saturated carbocycles. The van der Waals surface area contributed by atoms with Gasteiger partial charge in [-0.05, 0) is 81.0 Å². The quantitative estimate of drug-likeness (QED) is 0.355. The highest BCUT2D eigenvalue weighted by Gasteiger charge is 2.40. The predicted molar refractivity (Wildman–Crippen MR) is 171 cm³/mol. The molecule has 0 spiro atoms. The third-order valence-corrected chi connectivity index (χ3v) is 10.1. The lowest BCUT2D eigenvalue weighted by Crippen LogP contribution is -2.36. The van der Waals surface area contributed by atoms with Crippen LogP contribution in [-0.4, -0.2) is 66.8 Å². The van der Waals surface area contributed by atoms with Crippen LogP contribution < -0.4 is 5.32 Å². The highest BCUT2D eigenvalue weighted by Crippen LogP contribution is 2.44. The fourth-order valence-corrected chi connectivity index (χ4v) is 7.45. The van der Waals surface area contributed by atoms with Crippen LogP contribution in [0, 0.1) is 0 Å². The maximum Gasteiger partial charge on any atom is 0.270 e. The summed E-state index contributed by atoms with van der Waals surface area (Å²) in [5.41, 5.74) is 6.19. The van der Waals surface area contributed by atoms with Gasteiger partial charge in [0.1, 0.15) is 16.7 Å². The molecule has 43 heavy (non-hydrogen) atoms. The number of pyridine rings is 1. The van der Waals surface area contributed by atoms with Crippen LogP contribution >= 0.6 is 0 Å². The first-order valence-corrected chi connectivity index (χ1v) is 16.1. The van der Waals surface area contributed by atoms with Crippen LogP contribution in [0.15, 0.2) is 54.6 Å². The molecule has 0 saturated heterocycles. The van der Waals surface area contributed by atoms with Gasteiger partial charge in [-0.1, -0.05) is 43.2 Å². The van der Waals surface area contributed by atoms with Crippen LogP contribution in [0.1, 0.15) is 90.9 Å². The van der Waals surface area contributed by atoms with Crippen LogP contribution in [-0.2, 0) is 17.5 Å². The largest absolute Gasteiger partial charge is 0.396 e. The van der Waals surface area contributed by atoms with Crippen LogP contribution in [0.25, 0.3) is 22.4 Å². The zero-order valence-electron chi connectivity index (χ0n) is 25.7. The third-order valence-electron chi connectivity index (χ3n) is 8.22. The second-order valence-corrected chi connectivity index (χ2v) is 14.9. The van der Waals surface area contributed by atoms with Gasteiger partial charge < -0.3 is 15.3 Å². The normalized spacial score (nSPS) is 18.0. The third kappa shape index (κ3) is 6.59. The van der Waals surface area contributed by atoms with Crippen molar-refractivity contribution in [3.63, 3.8) is 0 Å². The van der Waals surface area contributed by atoms with E-state index in [1.807, 2.05) is 79.7 Å². The molecule has 2 atom stereocenters. The summed E-state index contributed by atoms with van der Waals surface area (Å²) in [6.45, 7) is 6.18. The Labute approximate surface area is 257 Å². The maximum atomic E-state index is 13.7. The Hall–Kier alpha value is -3.40. The first kappa shape index (κ1) is 31.0. The molecular formula is C34H42N4O4S. The Morgan fingerprint density at radius 2 is 1.70 bits per heavy atom. The zero-order chi connectivity index (χ0) is 30.9. The monoisotopic (exact) mass is 602 g/mol. The lowest BCUT2D eigenvalue weighted by molar-refractivity contribution is 0.0827. The van der Waals surface area contributed by atoms with E-state index in [0.29, 0.717) is 29.9 Å². The minimum absolute atomic E-state index is 0.0557. The second-order valence-electron chi connectivity index (χ2n) is 12.7. The van der Waals surface area contributed by atoms with E-state index < -0.39 is 15.7 Å². The van der Waals surface area contributed by atoms with E-state index in [2.05, 4.69) is 5.32 Å². The Bertz CT molecular complexity index is 1520. The van der Waals surface area contributed by atoms with Crippen molar-refractivity contribution in [3.8, 4) is 22.4 Å². The molecule has 8 nitrogen and oxygen atoms in total. The first-order chi connectivity index (χ1) is 20.5. The second kappa shape index (κ2) is 12.7. The number of aliphatic hydroxyl groups excluding tert-OH is 1. The molecule has 2 amide bonds. The molecule has 2 aromatic carbocycles. The van der Waals surface area contributed by atoms with Gasteiger partial charge in [-0.2, -0.15) is 0 Å². The summed E-state index contributed by atoms with van der Waals surface area (Å²) >= 11 is 0. The van der Waals surface area contributed by atoms with Gasteiger partial charge in [0.05, 0.1) is 16.5 Å². The van der Waals surface area contributed by atoms with E-state index in [0.717, 1.165) is 53.5 Å². The maximum absolute atomic E-state index is 13.7. The summed E-state index contributed by atoms with van der Waals surface area (Å²) in [5.74, 6) is -0.248. The molecule has 3 aromatic rings. The van der Waals surface area contributed by atoms with Crippen LogP contribution in [0.4, 0.5) is 0 Å². The molecule has 2 aliphatic rings. The summed E-state index contributed by atoms with van der Waals surface area (Å²) in [4.78, 5) is 32.4. The molecule has 0 bridgehead atoms. The van der Waals surface area contributed by atoms with E-state index in [4.69, 9.17) is 4.98 Å². The number of aliphatic hydroxyl groups is 1. The Morgan fingerprint density at radius 3 is 2.33 bits per heavy atom. The first-order valence-electron chi connectivity index (χ1n) is 15.0. The smallest absolute Gasteiger partial charge is 0.270 e. The van der Waals surface area contributed by atoms with Gasteiger partial charge >= 0.3 is 0 Å². The molecule has 2 N–H and O–H groups in total. The predicted octanol–water partition coefficient (Wildman–Crippen LogP) is 5.49. The van der Waals surface area contributed by atoms with E-state index in [1.54, 1.807) is 19.0 Å². The van der Waals surface area contributed by atoms with Crippen LogP contribution in [0.5, 0.6) is 0 Å². The van der Waals surface area contributed by atoms with Crippen molar-refractivity contribution in [2.45, 2.75) is 76.3 Å². The lowest BCUT2D eigenvalue weighted by Gasteiger charge is -2.30. The number of amides is 2.